The Balaban J connectivity index is 1.71. The molecular weight excluding hydrogens is 290 g/mol. The monoisotopic (exact) mass is 329 g/mol. The average molecular weight is 330 g/mol. The second kappa shape index (κ2) is 10.3. The highest BCUT2D eigenvalue weighted by atomic mass is 14.4. The van der Waals surface area contributed by atoms with Crippen LogP contribution in [-0.4, -0.2) is 0 Å². The lowest BCUT2D eigenvalue weighted by atomic mass is 9.63. The molecule has 0 spiro atoms. The van der Waals surface area contributed by atoms with E-state index in [0.717, 1.165) is 49.9 Å². The molecule has 0 unspecified atom stereocenters. The molecule has 24 heavy (non-hydrogen) atoms. The highest BCUT2D eigenvalue weighted by Gasteiger charge is 2.38. The number of hydrogen-bond donors (Lipinski definition) is 0. The van der Waals surface area contributed by atoms with Gasteiger partial charge in [-0.2, -0.15) is 5.26 Å². The first-order valence-corrected chi connectivity index (χ1v) is 10.7. The van der Waals surface area contributed by atoms with Crippen molar-refractivity contribution in [3.05, 3.63) is 12.7 Å². The van der Waals surface area contributed by atoms with Gasteiger partial charge in [-0.15, -0.1) is 6.58 Å². The van der Waals surface area contributed by atoms with E-state index in [2.05, 4.69) is 19.6 Å². The van der Waals surface area contributed by atoms with Crippen LogP contribution in [0.5, 0.6) is 0 Å². The second-order valence-electron chi connectivity index (χ2n) is 8.69. The van der Waals surface area contributed by atoms with Crippen LogP contribution in [0.15, 0.2) is 12.7 Å². The number of hydrogen-bond acceptors (Lipinski definition) is 1. The Kier molecular flexibility index (Phi) is 8.37. The third kappa shape index (κ3) is 5.65. The van der Waals surface area contributed by atoms with Gasteiger partial charge in [0.2, 0.25) is 0 Å². The minimum Gasteiger partial charge on any atom is -0.198 e. The van der Waals surface area contributed by atoms with Crippen LogP contribution >= 0.6 is 0 Å². The third-order valence-electron chi connectivity index (χ3n) is 7.06. The van der Waals surface area contributed by atoms with Crippen molar-refractivity contribution in [2.24, 2.45) is 23.2 Å². The van der Waals surface area contributed by atoms with E-state index in [1.807, 2.05) is 6.08 Å². The molecule has 0 aromatic rings. The lowest BCUT2D eigenvalue weighted by molar-refractivity contribution is 0.115. The van der Waals surface area contributed by atoms with Crippen LogP contribution in [0.2, 0.25) is 0 Å². The summed E-state index contributed by atoms with van der Waals surface area (Å²) in [5, 5.41) is 9.70. The van der Waals surface area contributed by atoms with Crippen molar-refractivity contribution < 1.29 is 0 Å². The molecule has 2 rings (SSSR count). The molecule has 0 bridgehead atoms. The van der Waals surface area contributed by atoms with Crippen LogP contribution in [0.3, 0.4) is 0 Å². The van der Waals surface area contributed by atoms with Crippen LogP contribution < -0.4 is 0 Å². The topological polar surface area (TPSA) is 23.8 Å². The fourth-order valence-electron chi connectivity index (χ4n) is 5.30. The lowest BCUT2D eigenvalue weighted by Crippen LogP contribution is -2.31. The molecule has 0 atom stereocenters. The Labute approximate surface area is 150 Å². The van der Waals surface area contributed by atoms with Gasteiger partial charge in [-0.25, -0.2) is 0 Å². The molecule has 0 amide bonds. The van der Waals surface area contributed by atoms with Crippen molar-refractivity contribution in [3.63, 3.8) is 0 Å². The minimum atomic E-state index is -0.00311. The van der Waals surface area contributed by atoms with Crippen LogP contribution in [0.25, 0.3) is 0 Å². The van der Waals surface area contributed by atoms with Gasteiger partial charge in [0.15, 0.2) is 0 Å². The highest BCUT2D eigenvalue weighted by Crippen LogP contribution is 2.47. The maximum atomic E-state index is 9.70. The highest BCUT2D eigenvalue weighted by molar-refractivity contribution is 5.02. The molecule has 0 heterocycles. The summed E-state index contributed by atoms with van der Waals surface area (Å²) >= 11 is 0. The van der Waals surface area contributed by atoms with Crippen molar-refractivity contribution in [2.45, 2.75) is 103 Å². The molecule has 0 aromatic carbocycles. The van der Waals surface area contributed by atoms with Crippen LogP contribution in [0.1, 0.15) is 103 Å². The molecule has 2 aliphatic carbocycles. The number of unbranched alkanes of at least 4 members (excludes halogenated alkanes) is 3. The van der Waals surface area contributed by atoms with E-state index in [1.165, 1.54) is 64.2 Å². The number of rotatable bonds is 9. The molecule has 2 fully saturated rings. The summed E-state index contributed by atoms with van der Waals surface area (Å²) < 4.78 is 0. The molecule has 0 aliphatic heterocycles. The second-order valence-corrected chi connectivity index (χ2v) is 8.69. The molecular formula is C23H39N. The van der Waals surface area contributed by atoms with E-state index in [4.69, 9.17) is 0 Å². The van der Waals surface area contributed by atoms with Crippen molar-refractivity contribution >= 4 is 0 Å². The zero-order chi connectivity index (χ0) is 17.3. The van der Waals surface area contributed by atoms with E-state index in [1.54, 1.807) is 0 Å². The molecule has 0 N–H and O–H groups in total. The van der Waals surface area contributed by atoms with E-state index in [9.17, 15) is 5.26 Å². The Morgan fingerprint density at radius 1 is 1.00 bits per heavy atom. The maximum absolute atomic E-state index is 9.70. The smallest absolute Gasteiger partial charge is 0.0689 e. The van der Waals surface area contributed by atoms with E-state index in [-0.39, 0.29) is 5.41 Å². The summed E-state index contributed by atoms with van der Waals surface area (Å²) in [6.45, 7) is 6.12. The summed E-state index contributed by atoms with van der Waals surface area (Å²) in [5.74, 6) is 2.91. The van der Waals surface area contributed by atoms with Gasteiger partial charge in [-0.3, -0.25) is 0 Å². The van der Waals surface area contributed by atoms with Gasteiger partial charge < -0.3 is 0 Å². The molecule has 2 saturated carbocycles. The van der Waals surface area contributed by atoms with Crippen LogP contribution in [0.4, 0.5) is 0 Å². The molecule has 1 nitrogen and oxygen atoms in total. The van der Waals surface area contributed by atoms with Crippen LogP contribution in [0, 0.1) is 34.5 Å². The Morgan fingerprint density at radius 3 is 2.25 bits per heavy atom. The van der Waals surface area contributed by atoms with Gasteiger partial charge in [0.1, 0.15) is 0 Å². The first-order chi connectivity index (χ1) is 11.7. The summed E-state index contributed by atoms with van der Waals surface area (Å²) in [6, 6.07) is 2.70. The molecule has 0 aromatic heterocycles. The fourth-order valence-corrected chi connectivity index (χ4v) is 5.30. The summed E-state index contributed by atoms with van der Waals surface area (Å²) in [5.41, 5.74) is -0.00311. The quantitative estimate of drug-likeness (QED) is 0.319. The molecule has 136 valence electrons. The summed E-state index contributed by atoms with van der Waals surface area (Å²) in [7, 11) is 0. The van der Waals surface area contributed by atoms with Crippen molar-refractivity contribution in [1.29, 1.82) is 5.26 Å². The number of nitriles is 1. The molecule has 1 heteroatoms. The minimum absolute atomic E-state index is 0.00311. The van der Waals surface area contributed by atoms with E-state index >= 15 is 0 Å². The fraction of sp³-hybridized carbons (Fsp3) is 0.870. The summed E-state index contributed by atoms with van der Waals surface area (Å²) in [6.07, 6.45) is 21.8. The Hall–Kier alpha value is -0.770. The zero-order valence-electron chi connectivity index (χ0n) is 16.1. The van der Waals surface area contributed by atoms with Crippen molar-refractivity contribution in [3.8, 4) is 6.07 Å². The van der Waals surface area contributed by atoms with E-state index in [0.29, 0.717) is 0 Å². The molecule has 0 saturated heterocycles. The Bertz CT molecular complexity index is 389. The van der Waals surface area contributed by atoms with Gasteiger partial charge in [-0.05, 0) is 75.5 Å². The van der Waals surface area contributed by atoms with Gasteiger partial charge in [0, 0.05) is 0 Å². The summed E-state index contributed by atoms with van der Waals surface area (Å²) in [4.78, 5) is 0. The predicted octanol–water partition coefficient (Wildman–Crippen LogP) is 7.43. The maximum Gasteiger partial charge on any atom is 0.0689 e. The number of nitrogens with zero attached hydrogens (tertiary/aromatic N) is 1. The van der Waals surface area contributed by atoms with Gasteiger partial charge in [0.25, 0.3) is 0 Å². The SMILES string of the molecule is C=CCCCC1(C#N)CCC(C2CCC(CCCCC)CC2)CC1. The largest absolute Gasteiger partial charge is 0.198 e. The average Bonchev–Trinajstić information content (AvgIpc) is 2.63. The zero-order valence-corrected chi connectivity index (χ0v) is 16.1. The number of allylic oxidation sites excluding steroid dienone is 1. The van der Waals surface area contributed by atoms with Crippen molar-refractivity contribution in [2.75, 3.05) is 0 Å². The van der Waals surface area contributed by atoms with Gasteiger partial charge >= 0.3 is 0 Å². The standard InChI is InChI=1S/C23H39N/c1-3-5-7-9-20-10-12-21(13-11-20)22-14-17-23(19-24,18-15-22)16-8-6-4-2/h4,20-22H,2-3,5-18H2,1H3. The van der Waals surface area contributed by atoms with Crippen LogP contribution in [-0.2, 0) is 0 Å². The van der Waals surface area contributed by atoms with E-state index < -0.39 is 0 Å². The normalized spacial score (nSPS) is 33.8. The van der Waals surface area contributed by atoms with Gasteiger partial charge in [0.05, 0.1) is 11.5 Å². The van der Waals surface area contributed by atoms with Crippen molar-refractivity contribution in [1.82, 2.24) is 0 Å². The Morgan fingerprint density at radius 2 is 1.67 bits per heavy atom. The molecule has 2 aliphatic rings. The first kappa shape index (κ1) is 19.6. The first-order valence-electron chi connectivity index (χ1n) is 10.7. The van der Waals surface area contributed by atoms with Gasteiger partial charge in [-0.1, -0.05) is 51.5 Å². The third-order valence-corrected chi connectivity index (χ3v) is 7.06. The predicted molar refractivity (Wildman–Crippen MR) is 104 cm³/mol. The molecule has 0 radical (unpaired) electrons. The lowest BCUT2D eigenvalue weighted by Gasteiger charge is -2.41.